The smallest absolute Gasteiger partial charge is 0.0574 e. The summed E-state index contributed by atoms with van der Waals surface area (Å²) in [7, 11) is 0. The SMILES string of the molecule is Cc1cccc2cccc(N3CCC(O)CC3)c12. The van der Waals surface area contributed by atoms with Crippen LogP contribution in [0.2, 0.25) is 0 Å². The number of anilines is 1. The first-order valence-corrected chi connectivity index (χ1v) is 6.67. The zero-order valence-corrected chi connectivity index (χ0v) is 10.8. The van der Waals surface area contributed by atoms with Gasteiger partial charge in [0.25, 0.3) is 0 Å². The number of nitrogens with zero attached hydrogens (tertiary/aromatic N) is 1. The minimum Gasteiger partial charge on any atom is -0.393 e. The van der Waals surface area contributed by atoms with Crippen molar-refractivity contribution in [2.75, 3.05) is 18.0 Å². The van der Waals surface area contributed by atoms with E-state index in [9.17, 15) is 5.11 Å². The largest absolute Gasteiger partial charge is 0.393 e. The van der Waals surface area contributed by atoms with E-state index >= 15 is 0 Å². The minimum absolute atomic E-state index is 0.114. The molecule has 1 heterocycles. The summed E-state index contributed by atoms with van der Waals surface area (Å²) in [4.78, 5) is 2.40. The van der Waals surface area contributed by atoms with Crippen molar-refractivity contribution in [3.8, 4) is 0 Å². The molecule has 0 unspecified atom stereocenters. The maximum Gasteiger partial charge on any atom is 0.0574 e. The highest BCUT2D eigenvalue weighted by Gasteiger charge is 2.18. The van der Waals surface area contributed by atoms with Gasteiger partial charge in [0, 0.05) is 24.2 Å². The van der Waals surface area contributed by atoms with Crippen molar-refractivity contribution in [1.82, 2.24) is 0 Å². The van der Waals surface area contributed by atoms with E-state index in [0.29, 0.717) is 0 Å². The standard InChI is InChI=1S/C16H19NO/c1-12-4-2-5-13-6-3-7-15(16(12)13)17-10-8-14(18)9-11-17/h2-7,14,18H,8-11H2,1H3. The van der Waals surface area contributed by atoms with Crippen molar-refractivity contribution in [2.45, 2.75) is 25.9 Å². The lowest BCUT2D eigenvalue weighted by Crippen LogP contribution is -2.35. The number of rotatable bonds is 1. The van der Waals surface area contributed by atoms with Crippen LogP contribution in [-0.4, -0.2) is 24.3 Å². The molecule has 18 heavy (non-hydrogen) atoms. The van der Waals surface area contributed by atoms with Gasteiger partial charge in [-0.2, -0.15) is 0 Å². The van der Waals surface area contributed by atoms with Gasteiger partial charge < -0.3 is 10.0 Å². The Kier molecular flexibility index (Phi) is 2.96. The molecule has 2 aromatic rings. The molecule has 0 spiro atoms. The van der Waals surface area contributed by atoms with Gasteiger partial charge in [-0.15, -0.1) is 0 Å². The van der Waals surface area contributed by atoms with E-state index in [0.717, 1.165) is 25.9 Å². The Morgan fingerprint density at radius 2 is 1.72 bits per heavy atom. The fourth-order valence-corrected chi connectivity index (χ4v) is 2.88. The number of aryl methyl sites for hydroxylation is 1. The van der Waals surface area contributed by atoms with Gasteiger partial charge in [0.2, 0.25) is 0 Å². The van der Waals surface area contributed by atoms with E-state index in [-0.39, 0.29) is 6.10 Å². The molecule has 1 aliphatic heterocycles. The molecule has 1 saturated heterocycles. The van der Waals surface area contributed by atoms with E-state index in [1.54, 1.807) is 0 Å². The highest BCUT2D eigenvalue weighted by molar-refractivity contribution is 5.96. The van der Waals surface area contributed by atoms with Crippen LogP contribution in [0.1, 0.15) is 18.4 Å². The third kappa shape index (κ3) is 1.97. The maximum absolute atomic E-state index is 9.62. The summed E-state index contributed by atoms with van der Waals surface area (Å²) in [5.74, 6) is 0. The van der Waals surface area contributed by atoms with Crippen molar-refractivity contribution in [3.63, 3.8) is 0 Å². The highest BCUT2D eigenvalue weighted by atomic mass is 16.3. The molecule has 0 aromatic heterocycles. The molecular weight excluding hydrogens is 222 g/mol. The number of aliphatic hydroxyl groups excluding tert-OH is 1. The average molecular weight is 241 g/mol. The van der Waals surface area contributed by atoms with Gasteiger partial charge in [0.1, 0.15) is 0 Å². The van der Waals surface area contributed by atoms with E-state index in [4.69, 9.17) is 0 Å². The minimum atomic E-state index is -0.114. The number of aliphatic hydroxyl groups is 1. The molecule has 0 radical (unpaired) electrons. The molecule has 0 aliphatic carbocycles. The lowest BCUT2D eigenvalue weighted by Gasteiger charge is -2.32. The molecule has 3 rings (SSSR count). The predicted molar refractivity (Wildman–Crippen MR) is 76.1 cm³/mol. The summed E-state index contributed by atoms with van der Waals surface area (Å²) in [5.41, 5.74) is 2.65. The zero-order chi connectivity index (χ0) is 12.5. The molecular formula is C16H19NO. The van der Waals surface area contributed by atoms with Crippen LogP contribution in [0, 0.1) is 6.92 Å². The van der Waals surface area contributed by atoms with E-state index in [1.807, 2.05) is 0 Å². The first-order valence-electron chi connectivity index (χ1n) is 6.67. The summed E-state index contributed by atoms with van der Waals surface area (Å²) in [6.45, 7) is 4.08. The molecule has 94 valence electrons. The third-order valence-corrected chi connectivity index (χ3v) is 3.90. The van der Waals surface area contributed by atoms with Gasteiger partial charge in [-0.05, 0) is 36.8 Å². The summed E-state index contributed by atoms with van der Waals surface area (Å²) >= 11 is 0. The number of benzene rings is 2. The monoisotopic (exact) mass is 241 g/mol. The van der Waals surface area contributed by atoms with Gasteiger partial charge in [0.15, 0.2) is 0 Å². The Bertz CT molecular complexity index is 551. The molecule has 1 fully saturated rings. The molecule has 1 N–H and O–H groups in total. The van der Waals surface area contributed by atoms with Crippen LogP contribution in [0.3, 0.4) is 0 Å². The Labute approximate surface area is 108 Å². The van der Waals surface area contributed by atoms with Gasteiger partial charge in [0.05, 0.1) is 6.10 Å². The molecule has 2 heteroatoms. The second-order valence-electron chi connectivity index (χ2n) is 5.17. The Hall–Kier alpha value is -1.54. The van der Waals surface area contributed by atoms with Crippen molar-refractivity contribution >= 4 is 16.5 Å². The second-order valence-corrected chi connectivity index (χ2v) is 5.17. The summed E-state index contributed by atoms with van der Waals surface area (Å²) in [6.07, 6.45) is 1.64. The first-order chi connectivity index (χ1) is 8.75. The van der Waals surface area contributed by atoms with Crippen molar-refractivity contribution in [3.05, 3.63) is 42.0 Å². The molecule has 2 aromatic carbocycles. The second kappa shape index (κ2) is 4.62. The summed E-state index contributed by atoms with van der Waals surface area (Å²) in [5, 5.41) is 12.3. The Morgan fingerprint density at radius 3 is 2.44 bits per heavy atom. The quantitative estimate of drug-likeness (QED) is 0.829. The van der Waals surface area contributed by atoms with Gasteiger partial charge >= 0.3 is 0 Å². The van der Waals surface area contributed by atoms with Gasteiger partial charge in [-0.3, -0.25) is 0 Å². The number of hydrogen-bond acceptors (Lipinski definition) is 2. The predicted octanol–water partition coefficient (Wildman–Crippen LogP) is 3.11. The lowest BCUT2D eigenvalue weighted by molar-refractivity contribution is 0.145. The van der Waals surface area contributed by atoms with Crippen LogP contribution >= 0.6 is 0 Å². The molecule has 1 aliphatic rings. The van der Waals surface area contributed by atoms with E-state index in [1.165, 1.54) is 22.0 Å². The first kappa shape index (κ1) is 11.5. The van der Waals surface area contributed by atoms with Gasteiger partial charge in [-0.1, -0.05) is 30.3 Å². The average Bonchev–Trinajstić information content (AvgIpc) is 2.39. The summed E-state index contributed by atoms with van der Waals surface area (Å²) in [6, 6.07) is 13.0. The van der Waals surface area contributed by atoms with E-state index in [2.05, 4.69) is 48.2 Å². The van der Waals surface area contributed by atoms with Crippen LogP contribution in [0.5, 0.6) is 0 Å². The van der Waals surface area contributed by atoms with Crippen LogP contribution in [0.4, 0.5) is 5.69 Å². The fraction of sp³-hybridized carbons (Fsp3) is 0.375. The van der Waals surface area contributed by atoms with Crippen LogP contribution < -0.4 is 4.90 Å². The molecule has 0 amide bonds. The van der Waals surface area contributed by atoms with Gasteiger partial charge in [-0.25, -0.2) is 0 Å². The van der Waals surface area contributed by atoms with Crippen LogP contribution in [-0.2, 0) is 0 Å². The van der Waals surface area contributed by atoms with Crippen LogP contribution in [0.15, 0.2) is 36.4 Å². The van der Waals surface area contributed by atoms with Crippen LogP contribution in [0.25, 0.3) is 10.8 Å². The topological polar surface area (TPSA) is 23.5 Å². The molecule has 0 bridgehead atoms. The fourth-order valence-electron chi connectivity index (χ4n) is 2.88. The molecule has 0 saturated carbocycles. The Morgan fingerprint density at radius 1 is 1.06 bits per heavy atom. The number of hydrogen-bond donors (Lipinski definition) is 1. The number of piperidine rings is 1. The number of fused-ring (bicyclic) bond motifs is 1. The van der Waals surface area contributed by atoms with Crippen molar-refractivity contribution in [1.29, 1.82) is 0 Å². The third-order valence-electron chi connectivity index (χ3n) is 3.90. The summed E-state index contributed by atoms with van der Waals surface area (Å²) < 4.78 is 0. The molecule has 0 atom stereocenters. The normalized spacial score (nSPS) is 17.3. The van der Waals surface area contributed by atoms with Crippen molar-refractivity contribution < 1.29 is 5.11 Å². The maximum atomic E-state index is 9.62. The zero-order valence-electron chi connectivity index (χ0n) is 10.8. The molecule has 2 nitrogen and oxygen atoms in total. The van der Waals surface area contributed by atoms with Crippen molar-refractivity contribution in [2.24, 2.45) is 0 Å². The Balaban J connectivity index is 2.06. The highest BCUT2D eigenvalue weighted by Crippen LogP contribution is 2.31. The van der Waals surface area contributed by atoms with E-state index < -0.39 is 0 Å². The lowest BCUT2D eigenvalue weighted by atomic mass is 10.0.